The summed E-state index contributed by atoms with van der Waals surface area (Å²) in [6, 6.07) is 10.3. The summed E-state index contributed by atoms with van der Waals surface area (Å²) in [5, 5.41) is 3.22. The maximum Gasteiger partial charge on any atom is 0.157 e. The quantitative estimate of drug-likeness (QED) is 0.894. The van der Waals surface area contributed by atoms with Crippen molar-refractivity contribution < 1.29 is 4.74 Å². The average molecular weight is 257 g/mol. The van der Waals surface area contributed by atoms with Gasteiger partial charge in [0.2, 0.25) is 0 Å². The van der Waals surface area contributed by atoms with Crippen LogP contribution in [0.3, 0.4) is 0 Å². The van der Waals surface area contributed by atoms with Gasteiger partial charge in [-0.05, 0) is 13.8 Å². The van der Waals surface area contributed by atoms with Gasteiger partial charge < -0.3 is 10.1 Å². The minimum Gasteiger partial charge on any atom is -0.377 e. The number of benzene rings is 1. The Hall–Kier alpha value is -1.94. The summed E-state index contributed by atoms with van der Waals surface area (Å²) in [4.78, 5) is 8.94. The summed E-state index contributed by atoms with van der Waals surface area (Å²) >= 11 is 0. The largest absolute Gasteiger partial charge is 0.377 e. The van der Waals surface area contributed by atoms with Crippen LogP contribution in [0, 0.1) is 6.92 Å². The fourth-order valence-corrected chi connectivity index (χ4v) is 1.83. The summed E-state index contributed by atoms with van der Waals surface area (Å²) in [6.45, 7) is 5.36. The van der Waals surface area contributed by atoms with Crippen molar-refractivity contribution in [3.8, 4) is 11.3 Å². The van der Waals surface area contributed by atoms with Crippen molar-refractivity contribution in [1.82, 2.24) is 9.97 Å². The first-order chi connectivity index (χ1) is 9.22. The molecule has 0 bridgehead atoms. The second kappa shape index (κ2) is 6.29. The summed E-state index contributed by atoms with van der Waals surface area (Å²) < 4.78 is 5.12. The second-order valence-electron chi connectivity index (χ2n) is 4.38. The minimum atomic E-state index is 0.415. The third-order valence-electron chi connectivity index (χ3n) is 2.75. The standard InChI is InChI=1S/C15H19N3O/c1-4-16-14-9-13(17-15(18-14)10-19-3)12-7-5-11(2)6-8-12/h5-9H,4,10H2,1-3H3,(H,16,17,18). The van der Waals surface area contributed by atoms with Gasteiger partial charge in [0.1, 0.15) is 12.4 Å². The van der Waals surface area contributed by atoms with Gasteiger partial charge in [0, 0.05) is 25.3 Å². The topological polar surface area (TPSA) is 47.0 Å². The number of rotatable bonds is 5. The second-order valence-corrected chi connectivity index (χ2v) is 4.38. The molecule has 4 heteroatoms. The number of aryl methyl sites for hydroxylation is 1. The molecule has 2 aromatic rings. The summed E-state index contributed by atoms with van der Waals surface area (Å²) in [5.41, 5.74) is 3.24. The molecule has 0 radical (unpaired) electrons. The number of hydrogen-bond acceptors (Lipinski definition) is 4. The van der Waals surface area contributed by atoms with Crippen LogP contribution in [-0.2, 0) is 11.3 Å². The zero-order valence-corrected chi connectivity index (χ0v) is 11.6. The summed E-state index contributed by atoms with van der Waals surface area (Å²) in [5.74, 6) is 1.52. The molecule has 0 aliphatic rings. The first kappa shape index (κ1) is 13.5. The van der Waals surface area contributed by atoms with Gasteiger partial charge in [-0.2, -0.15) is 0 Å². The van der Waals surface area contributed by atoms with E-state index in [0.29, 0.717) is 12.4 Å². The molecule has 0 aliphatic carbocycles. The van der Waals surface area contributed by atoms with Crippen LogP contribution in [0.1, 0.15) is 18.3 Å². The Labute approximate surface area is 113 Å². The Morgan fingerprint density at radius 1 is 1.16 bits per heavy atom. The monoisotopic (exact) mass is 257 g/mol. The van der Waals surface area contributed by atoms with Crippen LogP contribution >= 0.6 is 0 Å². The molecule has 1 aromatic heterocycles. The molecule has 4 nitrogen and oxygen atoms in total. The Kier molecular flexibility index (Phi) is 4.47. The van der Waals surface area contributed by atoms with Gasteiger partial charge in [0.25, 0.3) is 0 Å². The van der Waals surface area contributed by atoms with Crippen molar-refractivity contribution in [1.29, 1.82) is 0 Å². The van der Waals surface area contributed by atoms with Crippen LogP contribution in [0.15, 0.2) is 30.3 Å². The van der Waals surface area contributed by atoms with E-state index in [0.717, 1.165) is 23.6 Å². The Morgan fingerprint density at radius 2 is 1.89 bits per heavy atom. The molecule has 100 valence electrons. The smallest absolute Gasteiger partial charge is 0.157 e. The Balaban J connectivity index is 2.40. The fourth-order valence-electron chi connectivity index (χ4n) is 1.83. The van der Waals surface area contributed by atoms with E-state index in [9.17, 15) is 0 Å². The van der Waals surface area contributed by atoms with Gasteiger partial charge in [-0.3, -0.25) is 0 Å². The summed E-state index contributed by atoms with van der Waals surface area (Å²) in [7, 11) is 1.65. The molecule has 0 spiro atoms. The van der Waals surface area contributed by atoms with Crippen molar-refractivity contribution in [3.63, 3.8) is 0 Å². The number of methoxy groups -OCH3 is 1. The average Bonchev–Trinajstić information content (AvgIpc) is 2.40. The molecule has 0 fully saturated rings. The molecule has 0 amide bonds. The van der Waals surface area contributed by atoms with Crippen LogP contribution in [0.4, 0.5) is 5.82 Å². The molecule has 1 heterocycles. The third kappa shape index (κ3) is 3.51. The zero-order valence-electron chi connectivity index (χ0n) is 11.6. The maximum absolute atomic E-state index is 5.12. The van der Waals surface area contributed by atoms with Crippen molar-refractivity contribution in [2.75, 3.05) is 19.0 Å². The molecule has 2 rings (SSSR count). The van der Waals surface area contributed by atoms with Crippen LogP contribution in [-0.4, -0.2) is 23.6 Å². The van der Waals surface area contributed by atoms with Gasteiger partial charge in [-0.25, -0.2) is 9.97 Å². The molecular formula is C15H19N3O. The van der Waals surface area contributed by atoms with Crippen LogP contribution in [0.25, 0.3) is 11.3 Å². The minimum absolute atomic E-state index is 0.415. The number of nitrogens with zero attached hydrogens (tertiary/aromatic N) is 2. The Morgan fingerprint density at radius 3 is 2.53 bits per heavy atom. The maximum atomic E-state index is 5.12. The van der Waals surface area contributed by atoms with Crippen molar-refractivity contribution >= 4 is 5.82 Å². The van der Waals surface area contributed by atoms with Crippen LogP contribution in [0.2, 0.25) is 0 Å². The van der Waals surface area contributed by atoms with Crippen LogP contribution in [0.5, 0.6) is 0 Å². The van der Waals surface area contributed by atoms with Gasteiger partial charge in [0.15, 0.2) is 5.82 Å². The third-order valence-corrected chi connectivity index (χ3v) is 2.75. The van der Waals surface area contributed by atoms with E-state index in [2.05, 4.69) is 46.5 Å². The number of nitrogens with one attached hydrogen (secondary N) is 1. The van der Waals surface area contributed by atoms with E-state index in [4.69, 9.17) is 4.74 Å². The highest BCUT2D eigenvalue weighted by Gasteiger charge is 2.06. The van der Waals surface area contributed by atoms with Gasteiger partial charge in [0.05, 0.1) is 5.69 Å². The van der Waals surface area contributed by atoms with Crippen molar-refractivity contribution in [2.45, 2.75) is 20.5 Å². The molecular weight excluding hydrogens is 238 g/mol. The van der Waals surface area contributed by atoms with Gasteiger partial charge in [-0.1, -0.05) is 29.8 Å². The van der Waals surface area contributed by atoms with Gasteiger partial charge in [-0.15, -0.1) is 0 Å². The molecule has 1 N–H and O–H groups in total. The summed E-state index contributed by atoms with van der Waals surface area (Å²) in [6.07, 6.45) is 0. The van der Waals surface area contributed by atoms with Gasteiger partial charge >= 0.3 is 0 Å². The van der Waals surface area contributed by atoms with Crippen molar-refractivity contribution in [3.05, 3.63) is 41.7 Å². The predicted molar refractivity (Wildman–Crippen MR) is 77.1 cm³/mol. The van der Waals surface area contributed by atoms with E-state index < -0.39 is 0 Å². The predicted octanol–water partition coefficient (Wildman–Crippen LogP) is 3.03. The highest BCUT2D eigenvalue weighted by Crippen LogP contribution is 2.20. The number of hydrogen-bond donors (Lipinski definition) is 1. The first-order valence-corrected chi connectivity index (χ1v) is 6.40. The number of aromatic nitrogens is 2. The lowest BCUT2D eigenvalue weighted by Crippen LogP contribution is -2.05. The molecule has 1 aromatic carbocycles. The molecule has 0 atom stereocenters. The number of ether oxygens (including phenoxy) is 1. The number of anilines is 1. The molecule has 0 aliphatic heterocycles. The first-order valence-electron chi connectivity index (χ1n) is 6.40. The molecule has 0 saturated heterocycles. The molecule has 0 unspecified atom stereocenters. The normalized spacial score (nSPS) is 10.5. The highest BCUT2D eigenvalue weighted by molar-refractivity contribution is 5.62. The van der Waals surface area contributed by atoms with E-state index in [1.54, 1.807) is 7.11 Å². The lowest BCUT2D eigenvalue weighted by atomic mass is 10.1. The lowest BCUT2D eigenvalue weighted by molar-refractivity contribution is 0.178. The zero-order chi connectivity index (χ0) is 13.7. The fraction of sp³-hybridized carbons (Fsp3) is 0.333. The molecule has 19 heavy (non-hydrogen) atoms. The van der Waals surface area contributed by atoms with E-state index in [1.807, 2.05) is 13.0 Å². The highest BCUT2D eigenvalue weighted by atomic mass is 16.5. The van der Waals surface area contributed by atoms with Crippen molar-refractivity contribution in [2.24, 2.45) is 0 Å². The van der Waals surface area contributed by atoms with E-state index >= 15 is 0 Å². The van der Waals surface area contributed by atoms with E-state index in [1.165, 1.54) is 5.56 Å². The van der Waals surface area contributed by atoms with Crippen LogP contribution < -0.4 is 5.32 Å². The van der Waals surface area contributed by atoms with E-state index in [-0.39, 0.29) is 0 Å². The SMILES string of the molecule is CCNc1cc(-c2ccc(C)cc2)nc(COC)n1. The Bertz CT molecular complexity index is 513. The lowest BCUT2D eigenvalue weighted by Gasteiger charge is -2.09. The molecule has 0 saturated carbocycles.